The Hall–Kier alpha value is -1.74. The second-order valence-corrected chi connectivity index (χ2v) is 6.42. The lowest BCUT2D eigenvalue weighted by atomic mass is 10.2. The van der Waals surface area contributed by atoms with Gasteiger partial charge in [-0.1, -0.05) is 11.6 Å². The highest BCUT2D eigenvalue weighted by Crippen LogP contribution is 2.44. The Kier molecular flexibility index (Phi) is 4.01. The van der Waals surface area contributed by atoms with Crippen LogP contribution < -0.4 is 0 Å². The van der Waals surface area contributed by atoms with Gasteiger partial charge in [-0.05, 0) is 30.7 Å². The van der Waals surface area contributed by atoms with E-state index < -0.39 is 27.4 Å². The molecule has 0 spiro atoms. The average Bonchev–Trinajstić information content (AvgIpc) is 3.17. The van der Waals surface area contributed by atoms with E-state index in [1.165, 1.54) is 0 Å². The van der Waals surface area contributed by atoms with E-state index in [9.17, 15) is 23.3 Å². The van der Waals surface area contributed by atoms with Crippen molar-refractivity contribution in [1.82, 2.24) is 9.55 Å². The summed E-state index contributed by atoms with van der Waals surface area (Å²) in [5.41, 5.74) is -1.86. The fourth-order valence-electron chi connectivity index (χ4n) is 2.09. The summed E-state index contributed by atoms with van der Waals surface area (Å²) in [7, 11) is 0. The van der Waals surface area contributed by atoms with Crippen LogP contribution in [-0.4, -0.2) is 14.5 Å². The van der Waals surface area contributed by atoms with E-state index in [1.54, 1.807) is 12.4 Å². The lowest BCUT2D eigenvalue weighted by Crippen LogP contribution is -2.07. The number of hydrogen-bond donors (Lipinski definition) is 0. The zero-order chi connectivity index (χ0) is 16.8. The number of benzene rings is 1. The topological polar surface area (TPSA) is 61.0 Å². The van der Waals surface area contributed by atoms with Crippen LogP contribution in [0.15, 0.2) is 34.6 Å². The molecule has 10 heteroatoms. The zero-order valence-corrected chi connectivity index (χ0v) is 13.0. The van der Waals surface area contributed by atoms with Crippen LogP contribution in [0.2, 0.25) is 5.02 Å². The van der Waals surface area contributed by atoms with Gasteiger partial charge in [0.25, 0.3) is 5.69 Å². The zero-order valence-electron chi connectivity index (χ0n) is 11.4. The Balaban J connectivity index is 2.02. The molecule has 23 heavy (non-hydrogen) atoms. The van der Waals surface area contributed by atoms with Crippen LogP contribution in [0.4, 0.5) is 18.9 Å². The van der Waals surface area contributed by atoms with Crippen LogP contribution >= 0.6 is 23.4 Å². The monoisotopic (exact) mass is 363 g/mol. The quantitative estimate of drug-likeness (QED) is 0.569. The standard InChI is InChI=1S/C13H9ClF3N3O2S/c14-9-6-11(10(20(21)22)5-8(9)13(15,16)17)23-12-18-3-4-19(12)7-1-2-7/h3-7H,1-2H2. The first-order valence-electron chi connectivity index (χ1n) is 6.53. The van der Waals surface area contributed by atoms with Crippen LogP contribution in [-0.2, 0) is 6.18 Å². The van der Waals surface area contributed by atoms with Crippen molar-refractivity contribution in [2.75, 3.05) is 0 Å². The van der Waals surface area contributed by atoms with E-state index in [-0.39, 0.29) is 4.90 Å². The maximum Gasteiger partial charge on any atom is 0.418 e. The molecule has 0 amide bonds. The first kappa shape index (κ1) is 16.1. The third-order valence-electron chi connectivity index (χ3n) is 3.33. The molecule has 1 aromatic heterocycles. The van der Waals surface area contributed by atoms with Crippen LogP contribution in [0.5, 0.6) is 0 Å². The molecule has 0 N–H and O–H groups in total. The van der Waals surface area contributed by atoms with E-state index in [2.05, 4.69) is 4.98 Å². The van der Waals surface area contributed by atoms with Gasteiger partial charge in [-0.15, -0.1) is 0 Å². The molecule has 1 aliphatic rings. The molecule has 0 aliphatic heterocycles. The molecule has 0 unspecified atom stereocenters. The summed E-state index contributed by atoms with van der Waals surface area (Å²) in [5, 5.41) is 11.0. The van der Waals surface area contributed by atoms with Gasteiger partial charge in [0.05, 0.1) is 20.4 Å². The highest BCUT2D eigenvalue weighted by Gasteiger charge is 2.36. The van der Waals surface area contributed by atoms with Crippen molar-refractivity contribution < 1.29 is 18.1 Å². The van der Waals surface area contributed by atoms with E-state index in [0.29, 0.717) is 17.3 Å². The molecular formula is C13H9ClF3N3O2S. The highest BCUT2D eigenvalue weighted by atomic mass is 35.5. The highest BCUT2D eigenvalue weighted by molar-refractivity contribution is 7.99. The summed E-state index contributed by atoms with van der Waals surface area (Å²) in [6.45, 7) is 0. The Bertz CT molecular complexity index is 774. The third kappa shape index (κ3) is 3.30. The van der Waals surface area contributed by atoms with Gasteiger partial charge >= 0.3 is 6.18 Å². The van der Waals surface area contributed by atoms with Crippen LogP contribution in [0.3, 0.4) is 0 Å². The molecule has 0 saturated heterocycles. The molecule has 3 rings (SSSR count). The molecule has 2 aromatic rings. The van der Waals surface area contributed by atoms with Gasteiger partial charge in [0.15, 0.2) is 5.16 Å². The summed E-state index contributed by atoms with van der Waals surface area (Å²) in [4.78, 5) is 14.4. The number of nitro benzene ring substituents is 1. The summed E-state index contributed by atoms with van der Waals surface area (Å²) in [6.07, 6.45) is 0.521. The molecule has 1 aromatic carbocycles. The van der Waals surface area contributed by atoms with Crippen molar-refractivity contribution >= 4 is 29.1 Å². The maximum absolute atomic E-state index is 12.8. The fraction of sp³-hybridized carbons (Fsp3) is 0.308. The Labute approximate surface area is 137 Å². The molecule has 1 fully saturated rings. The minimum Gasteiger partial charge on any atom is -0.323 e. The number of hydrogen-bond acceptors (Lipinski definition) is 4. The SMILES string of the molecule is O=[N+]([O-])c1cc(C(F)(F)F)c(Cl)cc1Sc1nccn1C1CC1. The van der Waals surface area contributed by atoms with Crippen molar-refractivity contribution in [2.45, 2.75) is 35.1 Å². The first-order valence-corrected chi connectivity index (χ1v) is 7.72. The van der Waals surface area contributed by atoms with Crippen molar-refractivity contribution in [3.05, 3.63) is 45.2 Å². The first-order chi connectivity index (χ1) is 10.8. The minimum absolute atomic E-state index is 0.0288. The molecule has 0 bridgehead atoms. The Morgan fingerprint density at radius 1 is 1.39 bits per heavy atom. The number of nitrogens with zero attached hydrogens (tertiary/aromatic N) is 3. The van der Waals surface area contributed by atoms with Gasteiger partial charge in [0, 0.05) is 24.5 Å². The van der Waals surface area contributed by atoms with E-state index in [1.807, 2.05) is 4.57 Å². The average molecular weight is 364 g/mol. The molecule has 0 atom stereocenters. The molecule has 1 aliphatic carbocycles. The number of alkyl halides is 3. The molecule has 5 nitrogen and oxygen atoms in total. The molecule has 122 valence electrons. The van der Waals surface area contributed by atoms with Crippen LogP contribution in [0, 0.1) is 10.1 Å². The van der Waals surface area contributed by atoms with Gasteiger partial charge in [0.2, 0.25) is 0 Å². The molecule has 1 heterocycles. The summed E-state index contributed by atoms with van der Waals surface area (Å²) in [5.74, 6) is 0. The predicted octanol–water partition coefficient (Wildman–Crippen LogP) is 4.95. The van der Waals surface area contributed by atoms with Crippen LogP contribution in [0.1, 0.15) is 24.4 Å². The molecular weight excluding hydrogens is 355 g/mol. The van der Waals surface area contributed by atoms with Crippen molar-refractivity contribution in [2.24, 2.45) is 0 Å². The number of aromatic nitrogens is 2. The van der Waals surface area contributed by atoms with Crippen molar-refractivity contribution in [3.8, 4) is 0 Å². The van der Waals surface area contributed by atoms with Crippen molar-refractivity contribution in [3.63, 3.8) is 0 Å². The molecule has 0 radical (unpaired) electrons. The van der Waals surface area contributed by atoms with Gasteiger partial charge in [-0.3, -0.25) is 10.1 Å². The number of rotatable bonds is 4. The fourth-order valence-corrected chi connectivity index (χ4v) is 3.47. The van der Waals surface area contributed by atoms with Crippen molar-refractivity contribution in [1.29, 1.82) is 0 Å². The maximum atomic E-state index is 12.8. The van der Waals surface area contributed by atoms with Crippen LogP contribution in [0.25, 0.3) is 0 Å². The lowest BCUT2D eigenvalue weighted by Gasteiger charge is -2.11. The van der Waals surface area contributed by atoms with Gasteiger partial charge < -0.3 is 4.57 Å². The summed E-state index contributed by atoms with van der Waals surface area (Å²) < 4.78 is 40.4. The minimum atomic E-state index is -4.75. The third-order valence-corrected chi connectivity index (χ3v) is 4.68. The molecule has 1 saturated carbocycles. The largest absolute Gasteiger partial charge is 0.418 e. The summed E-state index contributed by atoms with van der Waals surface area (Å²) >= 11 is 6.60. The van der Waals surface area contributed by atoms with E-state index in [4.69, 9.17) is 11.6 Å². The normalized spacial score (nSPS) is 15.0. The second-order valence-electron chi connectivity index (χ2n) is 5.00. The Morgan fingerprint density at radius 2 is 2.09 bits per heavy atom. The number of nitro groups is 1. The number of halogens is 4. The lowest BCUT2D eigenvalue weighted by molar-refractivity contribution is -0.388. The van der Waals surface area contributed by atoms with Gasteiger partial charge in [0.1, 0.15) is 0 Å². The van der Waals surface area contributed by atoms with Gasteiger partial charge in [-0.2, -0.15) is 13.2 Å². The number of imidazole rings is 1. The Morgan fingerprint density at radius 3 is 2.65 bits per heavy atom. The van der Waals surface area contributed by atoms with E-state index >= 15 is 0 Å². The predicted molar refractivity (Wildman–Crippen MR) is 77.7 cm³/mol. The van der Waals surface area contributed by atoms with E-state index in [0.717, 1.165) is 30.7 Å². The smallest absolute Gasteiger partial charge is 0.323 e. The second kappa shape index (κ2) is 5.72. The van der Waals surface area contributed by atoms with Gasteiger partial charge in [-0.25, -0.2) is 4.98 Å². The summed E-state index contributed by atoms with van der Waals surface area (Å²) in [6, 6.07) is 1.73.